The van der Waals surface area contributed by atoms with E-state index < -0.39 is 0 Å². The molecule has 5 heteroatoms. The molecule has 0 radical (unpaired) electrons. The highest BCUT2D eigenvalue weighted by atomic mass is 16.2. The quantitative estimate of drug-likeness (QED) is 0.705. The number of carbonyl (C=O) groups is 2. The number of hydrogen-bond donors (Lipinski definition) is 2. The van der Waals surface area contributed by atoms with Gasteiger partial charge in [-0.1, -0.05) is 44.2 Å². The number of carbonyl (C=O) groups excluding carboxylic acids is 2. The maximum Gasteiger partial charge on any atom is 0.253 e. The van der Waals surface area contributed by atoms with Crippen LogP contribution in [-0.4, -0.2) is 31.4 Å². The fraction of sp³-hybridized carbons (Fsp3) is 0.417. The number of aryl methyl sites for hydroxylation is 1. The second kappa shape index (κ2) is 10.1. The molecule has 1 saturated heterocycles. The molecule has 0 spiro atoms. The molecule has 1 fully saturated rings. The van der Waals surface area contributed by atoms with Gasteiger partial charge in [-0.25, -0.2) is 0 Å². The van der Waals surface area contributed by atoms with Gasteiger partial charge in [0.2, 0.25) is 5.91 Å². The Morgan fingerprint density at radius 1 is 1.03 bits per heavy atom. The third-order valence-corrected chi connectivity index (χ3v) is 5.13. The Balaban J connectivity index is 1.70. The SMILES string of the molecule is CC(C)CNC(=O)c1cc(NC(=O)CCc2ccccc2)ccc1N1CCCC1. The lowest BCUT2D eigenvalue weighted by molar-refractivity contribution is -0.116. The van der Waals surface area contributed by atoms with Gasteiger partial charge in [0.25, 0.3) is 5.91 Å². The Kier molecular flexibility index (Phi) is 7.28. The molecule has 0 unspecified atom stereocenters. The maximum absolute atomic E-state index is 12.8. The number of nitrogens with one attached hydrogen (secondary N) is 2. The molecule has 1 heterocycles. The molecule has 1 aliphatic heterocycles. The summed E-state index contributed by atoms with van der Waals surface area (Å²) in [5.41, 5.74) is 3.39. The van der Waals surface area contributed by atoms with Crippen LogP contribution in [0.1, 0.15) is 49.0 Å². The summed E-state index contributed by atoms with van der Waals surface area (Å²) in [4.78, 5) is 27.5. The molecule has 1 aliphatic rings. The van der Waals surface area contributed by atoms with Gasteiger partial charge >= 0.3 is 0 Å². The lowest BCUT2D eigenvalue weighted by atomic mass is 10.1. The minimum Gasteiger partial charge on any atom is -0.371 e. The highest BCUT2D eigenvalue weighted by molar-refractivity contribution is 6.02. The molecule has 2 amide bonds. The van der Waals surface area contributed by atoms with Gasteiger partial charge in [-0.3, -0.25) is 9.59 Å². The van der Waals surface area contributed by atoms with E-state index in [1.165, 1.54) is 0 Å². The first-order valence-electron chi connectivity index (χ1n) is 10.5. The van der Waals surface area contributed by atoms with Crippen LogP contribution in [0.5, 0.6) is 0 Å². The van der Waals surface area contributed by atoms with Gasteiger partial charge in [-0.2, -0.15) is 0 Å². The Morgan fingerprint density at radius 3 is 2.45 bits per heavy atom. The summed E-state index contributed by atoms with van der Waals surface area (Å²) >= 11 is 0. The second-order valence-corrected chi connectivity index (χ2v) is 8.06. The molecule has 29 heavy (non-hydrogen) atoms. The van der Waals surface area contributed by atoms with Gasteiger partial charge in [0.1, 0.15) is 0 Å². The van der Waals surface area contributed by atoms with Crippen LogP contribution < -0.4 is 15.5 Å². The smallest absolute Gasteiger partial charge is 0.253 e. The molecular formula is C24H31N3O2. The van der Waals surface area contributed by atoms with Gasteiger partial charge in [-0.15, -0.1) is 0 Å². The molecule has 2 aromatic rings. The monoisotopic (exact) mass is 393 g/mol. The third-order valence-electron chi connectivity index (χ3n) is 5.13. The van der Waals surface area contributed by atoms with Crippen LogP contribution in [0.15, 0.2) is 48.5 Å². The first-order chi connectivity index (χ1) is 14.0. The minimum atomic E-state index is -0.0824. The molecule has 5 nitrogen and oxygen atoms in total. The number of hydrogen-bond acceptors (Lipinski definition) is 3. The predicted molar refractivity (Wildman–Crippen MR) is 118 cm³/mol. The zero-order valence-electron chi connectivity index (χ0n) is 17.4. The van der Waals surface area contributed by atoms with Gasteiger partial charge < -0.3 is 15.5 Å². The largest absolute Gasteiger partial charge is 0.371 e. The van der Waals surface area contributed by atoms with Crippen molar-refractivity contribution in [1.29, 1.82) is 0 Å². The van der Waals surface area contributed by atoms with Crippen LogP contribution in [0.2, 0.25) is 0 Å². The molecule has 2 N–H and O–H groups in total. The van der Waals surface area contributed by atoms with Crippen molar-refractivity contribution in [1.82, 2.24) is 5.32 Å². The van der Waals surface area contributed by atoms with Crippen molar-refractivity contribution in [2.24, 2.45) is 5.92 Å². The van der Waals surface area contributed by atoms with E-state index in [0.717, 1.165) is 37.2 Å². The Morgan fingerprint density at radius 2 is 1.76 bits per heavy atom. The summed E-state index contributed by atoms with van der Waals surface area (Å²) in [7, 11) is 0. The van der Waals surface area contributed by atoms with Gasteiger partial charge in [0, 0.05) is 37.4 Å². The zero-order chi connectivity index (χ0) is 20.6. The second-order valence-electron chi connectivity index (χ2n) is 8.06. The third kappa shape index (κ3) is 6.08. The van der Waals surface area contributed by atoms with Crippen molar-refractivity contribution >= 4 is 23.2 Å². The summed E-state index contributed by atoms with van der Waals surface area (Å²) < 4.78 is 0. The van der Waals surface area contributed by atoms with Crippen molar-refractivity contribution in [3.05, 3.63) is 59.7 Å². The molecule has 0 aliphatic carbocycles. The lowest BCUT2D eigenvalue weighted by Gasteiger charge is -2.22. The van der Waals surface area contributed by atoms with Crippen LogP contribution in [-0.2, 0) is 11.2 Å². The van der Waals surface area contributed by atoms with E-state index in [2.05, 4.69) is 29.4 Å². The number of benzene rings is 2. The van der Waals surface area contributed by atoms with Gasteiger partial charge in [-0.05, 0) is 48.9 Å². The van der Waals surface area contributed by atoms with Crippen LogP contribution in [0.4, 0.5) is 11.4 Å². The molecule has 3 rings (SSSR count). The number of amides is 2. The fourth-order valence-electron chi connectivity index (χ4n) is 3.55. The summed E-state index contributed by atoms with van der Waals surface area (Å²) in [5.74, 6) is 0.257. The van der Waals surface area contributed by atoms with E-state index in [9.17, 15) is 9.59 Å². The molecule has 154 valence electrons. The van der Waals surface area contributed by atoms with Crippen LogP contribution >= 0.6 is 0 Å². The highest BCUT2D eigenvalue weighted by Crippen LogP contribution is 2.27. The first kappa shape index (κ1) is 20.9. The van der Waals surface area contributed by atoms with Crippen LogP contribution in [0.25, 0.3) is 0 Å². The van der Waals surface area contributed by atoms with E-state index in [1.54, 1.807) is 0 Å². The number of rotatable bonds is 8. The Hall–Kier alpha value is -2.82. The van der Waals surface area contributed by atoms with Crippen molar-refractivity contribution in [2.45, 2.75) is 39.5 Å². The van der Waals surface area contributed by atoms with E-state index in [-0.39, 0.29) is 11.8 Å². The molecule has 2 aromatic carbocycles. The average Bonchev–Trinajstić information content (AvgIpc) is 3.26. The zero-order valence-corrected chi connectivity index (χ0v) is 17.4. The standard InChI is InChI=1S/C24H31N3O2/c1-18(2)17-25-24(29)21-16-20(11-12-22(21)27-14-6-7-15-27)26-23(28)13-10-19-8-4-3-5-9-19/h3-5,8-9,11-12,16,18H,6-7,10,13-15,17H2,1-2H3,(H,25,29)(H,26,28). The summed E-state index contributed by atoms with van der Waals surface area (Å²) in [6.45, 7) is 6.71. The normalized spacial score (nSPS) is 13.6. The number of anilines is 2. The Bertz CT molecular complexity index is 827. The van der Waals surface area contributed by atoms with Gasteiger partial charge in [0.15, 0.2) is 0 Å². The van der Waals surface area contributed by atoms with Gasteiger partial charge in [0.05, 0.1) is 5.56 Å². The van der Waals surface area contributed by atoms with Crippen molar-refractivity contribution in [3.8, 4) is 0 Å². The fourth-order valence-corrected chi connectivity index (χ4v) is 3.55. The van der Waals surface area contributed by atoms with Crippen molar-refractivity contribution < 1.29 is 9.59 Å². The Labute approximate surface area is 173 Å². The minimum absolute atomic E-state index is 0.0451. The summed E-state index contributed by atoms with van der Waals surface area (Å²) in [6, 6.07) is 15.6. The van der Waals surface area contributed by atoms with E-state index in [0.29, 0.717) is 36.6 Å². The predicted octanol–water partition coefficient (Wildman–Crippen LogP) is 4.24. The highest BCUT2D eigenvalue weighted by Gasteiger charge is 2.20. The summed E-state index contributed by atoms with van der Waals surface area (Å²) in [5, 5.41) is 5.96. The average molecular weight is 394 g/mol. The molecular weight excluding hydrogens is 362 g/mol. The molecule has 0 atom stereocenters. The topological polar surface area (TPSA) is 61.4 Å². The van der Waals surface area contributed by atoms with Crippen molar-refractivity contribution in [3.63, 3.8) is 0 Å². The van der Waals surface area contributed by atoms with Crippen molar-refractivity contribution in [2.75, 3.05) is 29.9 Å². The molecule has 0 aromatic heterocycles. The summed E-state index contributed by atoms with van der Waals surface area (Å²) in [6.07, 6.45) is 3.39. The number of nitrogens with zero attached hydrogens (tertiary/aromatic N) is 1. The van der Waals surface area contributed by atoms with Crippen LogP contribution in [0, 0.1) is 5.92 Å². The van der Waals surface area contributed by atoms with Crippen LogP contribution in [0.3, 0.4) is 0 Å². The molecule has 0 bridgehead atoms. The first-order valence-corrected chi connectivity index (χ1v) is 10.5. The maximum atomic E-state index is 12.8. The van der Waals surface area contributed by atoms with E-state index in [4.69, 9.17) is 0 Å². The lowest BCUT2D eigenvalue weighted by Crippen LogP contribution is -2.30. The van der Waals surface area contributed by atoms with E-state index in [1.807, 2.05) is 48.5 Å². The van der Waals surface area contributed by atoms with E-state index >= 15 is 0 Å². The molecule has 0 saturated carbocycles.